The number of likely N-dealkylation sites (tertiary alicyclic amines) is 2. The van der Waals surface area contributed by atoms with Gasteiger partial charge in [0.05, 0.1) is 0 Å². The Balaban J connectivity index is 1.64. The molecule has 142 valence electrons. The topological polar surface area (TPSA) is 106 Å². The highest BCUT2D eigenvalue weighted by Gasteiger charge is 2.42. The van der Waals surface area contributed by atoms with Crippen molar-refractivity contribution in [3.63, 3.8) is 0 Å². The number of hydrogen-bond acceptors (Lipinski definition) is 3. The second kappa shape index (κ2) is 8.60. The number of carbonyl (C=O) groups is 3. The predicted molar refractivity (Wildman–Crippen MR) is 97.8 cm³/mol. The number of carbonyl (C=O) groups excluding carboxylic acids is 3. The number of benzene rings is 1. The van der Waals surface area contributed by atoms with Crippen molar-refractivity contribution in [3.8, 4) is 0 Å². The maximum atomic E-state index is 13.0. The number of ketones is 1. The van der Waals surface area contributed by atoms with Crippen LogP contribution in [0, 0.1) is 0 Å². The summed E-state index contributed by atoms with van der Waals surface area (Å²) < 4.78 is 0. The molecule has 2 atom stereocenters. The van der Waals surface area contributed by atoms with Gasteiger partial charge in [-0.25, -0.2) is 4.79 Å². The van der Waals surface area contributed by atoms with E-state index in [1.54, 1.807) is 4.90 Å². The summed E-state index contributed by atoms with van der Waals surface area (Å²) in [5.41, 5.74) is 9.57. The number of nitrogens with one attached hydrogen (secondary N) is 1. The number of amides is 3. The highest BCUT2D eigenvalue weighted by Crippen LogP contribution is 2.25. The van der Waals surface area contributed by atoms with Crippen LogP contribution in [-0.2, 0) is 16.1 Å². The molecule has 0 radical (unpaired) electrons. The minimum Gasteiger partial charge on any atom is -0.361 e. The first-order valence-electron chi connectivity index (χ1n) is 9.22. The Morgan fingerprint density at radius 3 is 2.44 bits per heavy atom. The van der Waals surface area contributed by atoms with Crippen molar-refractivity contribution in [1.82, 2.24) is 15.1 Å². The minimum atomic E-state index is -0.608. The summed E-state index contributed by atoms with van der Waals surface area (Å²) in [6.07, 6.45) is 3.44. The molecule has 8 heteroatoms. The van der Waals surface area contributed by atoms with Gasteiger partial charge in [-0.05, 0) is 31.2 Å². The second-order valence-electron chi connectivity index (χ2n) is 6.83. The lowest BCUT2D eigenvalue weighted by molar-refractivity contribution is -0.139. The van der Waals surface area contributed by atoms with E-state index in [0.29, 0.717) is 38.9 Å². The van der Waals surface area contributed by atoms with Crippen LogP contribution in [0.2, 0.25) is 0 Å². The first-order chi connectivity index (χ1) is 13.1. The Hall–Kier alpha value is -2.99. The van der Waals surface area contributed by atoms with E-state index in [1.165, 1.54) is 4.90 Å². The molecule has 2 unspecified atom stereocenters. The summed E-state index contributed by atoms with van der Waals surface area (Å²) in [5.74, 6) is -0.592. The zero-order valence-electron chi connectivity index (χ0n) is 15.1. The molecule has 2 aliphatic rings. The van der Waals surface area contributed by atoms with Crippen LogP contribution < -0.4 is 5.32 Å². The summed E-state index contributed by atoms with van der Waals surface area (Å²) >= 11 is 0. The van der Waals surface area contributed by atoms with Gasteiger partial charge in [0.25, 0.3) is 5.78 Å². The fraction of sp³-hybridized carbons (Fsp3) is 0.474. The maximum absolute atomic E-state index is 13.0. The van der Waals surface area contributed by atoms with Crippen LogP contribution in [0.1, 0.15) is 31.2 Å². The van der Waals surface area contributed by atoms with E-state index in [2.05, 4.69) is 10.1 Å². The van der Waals surface area contributed by atoms with E-state index in [0.717, 1.165) is 18.2 Å². The molecule has 27 heavy (non-hydrogen) atoms. The third-order valence-corrected chi connectivity index (χ3v) is 5.13. The summed E-state index contributed by atoms with van der Waals surface area (Å²) in [6.45, 7) is 1.39. The average Bonchev–Trinajstić information content (AvgIpc) is 3.36. The maximum Gasteiger partial charge on any atom is 0.325 e. The van der Waals surface area contributed by atoms with Crippen molar-refractivity contribution in [2.75, 3.05) is 13.1 Å². The van der Waals surface area contributed by atoms with E-state index in [4.69, 9.17) is 5.53 Å². The van der Waals surface area contributed by atoms with E-state index >= 15 is 0 Å². The SMILES string of the molecule is [N-]=[N+]=CC(=O)C1CCCN1C(=O)C1CCCN1C(=O)NCc1ccccc1. The van der Waals surface area contributed by atoms with Crippen molar-refractivity contribution in [1.29, 1.82) is 0 Å². The molecule has 8 nitrogen and oxygen atoms in total. The summed E-state index contributed by atoms with van der Waals surface area (Å²) in [4.78, 5) is 43.5. The van der Waals surface area contributed by atoms with Crippen molar-refractivity contribution < 1.29 is 19.2 Å². The fourth-order valence-electron chi connectivity index (χ4n) is 3.80. The van der Waals surface area contributed by atoms with Gasteiger partial charge in [-0.15, -0.1) is 0 Å². The summed E-state index contributed by atoms with van der Waals surface area (Å²) in [5, 5.41) is 2.87. The van der Waals surface area contributed by atoms with Gasteiger partial charge in [0, 0.05) is 19.6 Å². The Labute approximate surface area is 157 Å². The lowest BCUT2D eigenvalue weighted by atomic mass is 10.1. The molecule has 2 heterocycles. The van der Waals surface area contributed by atoms with Gasteiger partial charge in [0.1, 0.15) is 12.1 Å². The number of rotatable bonds is 5. The third-order valence-electron chi connectivity index (χ3n) is 5.13. The van der Waals surface area contributed by atoms with Crippen LogP contribution in [-0.4, -0.2) is 63.7 Å². The second-order valence-corrected chi connectivity index (χ2v) is 6.83. The monoisotopic (exact) mass is 369 g/mol. The Bertz CT molecular complexity index is 760. The van der Waals surface area contributed by atoms with Crippen molar-refractivity contribution in [2.24, 2.45) is 0 Å². The first kappa shape index (κ1) is 18.8. The molecular formula is C19H23N5O3. The van der Waals surface area contributed by atoms with Gasteiger partial charge in [0.2, 0.25) is 5.91 Å². The molecule has 2 aliphatic heterocycles. The normalized spacial score (nSPS) is 21.6. The highest BCUT2D eigenvalue weighted by atomic mass is 16.2. The van der Waals surface area contributed by atoms with Crippen molar-refractivity contribution >= 4 is 23.9 Å². The van der Waals surface area contributed by atoms with E-state index < -0.39 is 12.1 Å². The van der Waals surface area contributed by atoms with Crippen LogP contribution in [0.15, 0.2) is 30.3 Å². The molecule has 3 rings (SSSR count). The predicted octanol–water partition coefficient (Wildman–Crippen LogP) is 1.22. The Kier molecular flexibility index (Phi) is 5.98. The van der Waals surface area contributed by atoms with Crippen LogP contribution in [0.25, 0.3) is 5.53 Å². The molecule has 0 aromatic heterocycles. The molecule has 1 aromatic rings. The van der Waals surface area contributed by atoms with Gasteiger partial charge in [-0.3, -0.25) is 9.59 Å². The molecule has 0 bridgehead atoms. The molecule has 0 spiro atoms. The highest BCUT2D eigenvalue weighted by molar-refractivity contribution is 6.28. The van der Waals surface area contributed by atoms with Gasteiger partial charge in [-0.1, -0.05) is 30.3 Å². The van der Waals surface area contributed by atoms with E-state index in [-0.39, 0.29) is 17.7 Å². The van der Waals surface area contributed by atoms with Crippen molar-refractivity contribution in [2.45, 2.75) is 44.3 Å². The number of urea groups is 1. The van der Waals surface area contributed by atoms with Gasteiger partial charge >= 0.3 is 12.2 Å². The standard InChI is InChI=1S/C19H23N5O3/c20-22-13-17(25)15-8-4-10-23(15)18(26)16-9-5-11-24(16)19(27)21-12-14-6-2-1-3-7-14/h1-3,6-7,13,15-16H,4-5,8-12H2,(H,21,27). The lowest BCUT2D eigenvalue weighted by Gasteiger charge is -2.30. The van der Waals surface area contributed by atoms with Crippen LogP contribution in [0.5, 0.6) is 0 Å². The molecule has 0 saturated carbocycles. The third kappa shape index (κ3) is 4.23. The van der Waals surface area contributed by atoms with Crippen molar-refractivity contribution in [3.05, 3.63) is 41.4 Å². The largest absolute Gasteiger partial charge is 0.361 e. The van der Waals surface area contributed by atoms with Crippen LogP contribution in [0.3, 0.4) is 0 Å². The molecule has 2 saturated heterocycles. The minimum absolute atomic E-state index is 0.204. The fourth-order valence-corrected chi connectivity index (χ4v) is 3.80. The van der Waals surface area contributed by atoms with Crippen LogP contribution in [0.4, 0.5) is 4.79 Å². The Morgan fingerprint density at radius 1 is 1.07 bits per heavy atom. The molecule has 0 aliphatic carbocycles. The Morgan fingerprint density at radius 2 is 1.74 bits per heavy atom. The summed E-state index contributed by atoms with van der Waals surface area (Å²) in [6, 6.07) is 8.15. The van der Waals surface area contributed by atoms with Gasteiger partial charge in [-0.2, -0.15) is 4.79 Å². The van der Waals surface area contributed by atoms with E-state index in [1.807, 2.05) is 30.3 Å². The zero-order chi connectivity index (χ0) is 19.2. The zero-order valence-corrected chi connectivity index (χ0v) is 15.1. The molecular weight excluding hydrogens is 346 g/mol. The number of Topliss-reactive ketones (excluding diaryl/α,β-unsaturated/α-hetero) is 1. The van der Waals surface area contributed by atoms with Crippen LogP contribution >= 0.6 is 0 Å². The van der Waals surface area contributed by atoms with E-state index in [9.17, 15) is 14.4 Å². The van der Waals surface area contributed by atoms with Gasteiger partial charge < -0.3 is 20.6 Å². The summed E-state index contributed by atoms with van der Waals surface area (Å²) in [7, 11) is 0. The first-order valence-corrected chi connectivity index (χ1v) is 9.22. The average molecular weight is 369 g/mol. The quantitative estimate of drug-likeness (QED) is 0.479. The molecule has 1 aromatic carbocycles. The number of hydrogen-bond donors (Lipinski definition) is 1. The number of nitrogens with zero attached hydrogens (tertiary/aromatic N) is 4. The molecule has 1 N–H and O–H groups in total. The smallest absolute Gasteiger partial charge is 0.325 e. The van der Waals surface area contributed by atoms with Gasteiger partial charge in [0.15, 0.2) is 0 Å². The lowest BCUT2D eigenvalue weighted by Crippen LogP contribution is -2.53. The molecule has 3 amide bonds. The molecule has 2 fully saturated rings.